The number of halogens is 2. The second-order valence-electron chi connectivity index (χ2n) is 4.33. The standard InChI is InChI=1S/C15H15BrFNO/c1-10-4-3-7-18-15(10)9-13(16)12-6-5-11(19-2)8-14(12)17/h3-8,13H,9H2,1-2H3. The van der Waals surface area contributed by atoms with Crippen molar-refractivity contribution < 1.29 is 9.13 Å². The first-order chi connectivity index (χ1) is 9.11. The van der Waals surface area contributed by atoms with E-state index >= 15 is 0 Å². The normalized spacial score (nSPS) is 12.2. The van der Waals surface area contributed by atoms with Crippen LogP contribution in [0.4, 0.5) is 4.39 Å². The van der Waals surface area contributed by atoms with Gasteiger partial charge in [-0.1, -0.05) is 28.1 Å². The van der Waals surface area contributed by atoms with E-state index in [9.17, 15) is 4.39 Å². The number of alkyl halides is 1. The lowest BCUT2D eigenvalue weighted by Gasteiger charge is -2.13. The molecule has 0 fully saturated rings. The van der Waals surface area contributed by atoms with Gasteiger partial charge in [0.1, 0.15) is 11.6 Å². The van der Waals surface area contributed by atoms with Crippen LogP contribution in [-0.4, -0.2) is 12.1 Å². The van der Waals surface area contributed by atoms with Crippen molar-refractivity contribution in [1.82, 2.24) is 4.98 Å². The summed E-state index contributed by atoms with van der Waals surface area (Å²) < 4.78 is 19.0. The van der Waals surface area contributed by atoms with Gasteiger partial charge in [-0.05, 0) is 24.6 Å². The minimum absolute atomic E-state index is 0.105. The third-order valence-corrected chi connectivity index (χ3v) is 3.85. The first-order valence-corrected chi connectivity index (χ1v) is 6.91. The molecule has 4 heteroatoms. The zero-order chi connectivity index (χ0) is 13.8. The van der Waals surface area contributed by atoms with Crippen LogP contribution in [0.25, 0.3) is 0 Å². The summed E-state index contributed by atoms with van der Waals surface area (Å²) >= 11 is 3.53. The second kappa shape index (κ2) is 6.15. The highest BCUT2D eigenvalue weighted by Gasteiger charge is 2.15. The first kappa shape index (κ1) is 14.0. The third kappa shape index (κ3) is 3.32. The molecule has 0 saturated carbocycles. The maximum Gasteiger partial charge on any atom is 0.131 e. The van der Waals surface area contributed by atoms with Gasteiger partial charge in [-0.3, -0.25) is 4.98 Å². The predicted octanol–water partition coefficient (Wildman–Crippen LogP) is 4.22. The maximum absolute atomic E-state index is 14.0. The molecule has 1 heterocycles. The average molecular weight is 324 g/mol. The summed E-state index contributed by atoms with van der Waals surface area (Å²) in [5.41, 5.74) is 2.70. The van der Waals surface area contributed by atoms with Crippen LogP contribution in [0.3, 0.4) is 0 Å². The van der Waals surface area contributed by atoms with Gasteiger partial charge in [0.25, 0.3) is 0 Å². The number of aromatic nitrogens is 1. The summed E-state index contributed by atoms with van der Waals surface area (Å²) in [6.45, 7) is 2.01. The highest BCUT2D eigenvalue weighted by molar-refractivity contribution is 9.09. The Kier molecular flexibility index (Phi) is 4.53. The Morgan fingerprint density at radius 3 is 2.79 bits per heavy atom. The van der Waals surface area contributed by atoms with E-state index in [-0.39, 0.29) is 10.6 Å². The zero-order valence-electron chi connectivity index (χ0n) is 10.9. The van der Waals surface area contributed by atoms with Gasteiger partial charge in [0.2, 0.25) is 0 Å². The van der Waals surface area contributed by atoms with Gasteiger partial charge in [0.05, 0.1) is 7.11 Å². The predicted molar refractivity (Wildman–Crippen MR) is 77.3 cm³/mol. The Bertz CT molecular complexity index is 574. The number of aryl methyl sites for hydroxylation is 1. The lowest BCUT2D eigenvalue weighted by Crippen LogP contribution is -2.02. The first-order valence-electron chi connectivity index (χ1n) is 6.00. The molecule has 0 aliphatic heterocycles. The molecule has 2 nitrogen and oxygen atoms in total. The molecule has 0 aliphatic rings. The van der Waals surface area contributed by atoms with E-state index in [1.165, 1.54) is 13.2 Å². The van der Waals surface area contributed by atoms with Gasteiger partial charge in [-0.15, -0.1) is 0 Å². The summed E-state index contributed by atoms with van der Waals surface area (Å²) in [4.78, 5) is 4.23. The van der Waals surface area contributed by atoms with Gasteiger partial charge in [0, 0.05) is 34.8 Å². The number of benzene rings is 1. The van der Waals surface area contributed by atoms with Gasteiger partial charge in [-0.2, -0.15) is 0 Å². The SMILES string of the molecule is COc1ccc(C(Br)Cc2ncccc2C)c(F)c1. The number of hydrogen-bond donors (Lipinski definition) is 0. The van der Waals surface area contributed by atoms with Crippen LogP contribution < -0.4 is 4.74 Å². The van der Waals surface area contributed by atoms with Crippen molar-refractivity contribution in [2.75, 3.05) is 7.11 Å². The molecule has 100 valence electrons. The number of ether oxygens (including phenoxy) is 1. The Hall–Kier alpha value is -1.42. The lowest BCUT2D eigenvalue weighted by atomic mass is 10.0. The van der Waals surface area contributed by atoms with Gasteiger partial charge in [0.15, 0.2) is 0 Å². The van der Waals surface area contributed by atoms with Gasteiger partial charge >= 0.3 is 0 Å². The van der Waals surface area contributed by atoms with Crippen LogP contribution >= 0.6 is 15.9 Å². The molecular weight excluding hydrogens is 309 g/mol. The van der Waals surface area contributed by atoms with Crippen LogP contribution in [0.2, 0.25) is 0 Å². The van der Waals surface area contributed by atoms with E-state index in [1.807, 2.05) is 19.1 Å². The smallest absolute Gasteiger partial charge is 0.131 e. The quantitative estimate of drug-likeness (QED) is 0.786. The van der Waals surface area contributed by atoms with Crippen LogP contribution in [0.15, 0.2) is 36.5 Å². The van der Waals surface area contributed by atoms with Crippen LogP contribution in [0.5, 0.6) is 5.75 Å². The number of nitrogens with zero attached hydrogens (tertiary/aromatic N) is 1. The minimum Gasteiger partial charge on any atom is -0.497 e. The third-order valence-electron chi connectivity index (χ3n) is 3.04. The molecule has 2 aromatic rings. The van der Waals surface area contributed by atoms with Crippen LogP contribution in [0.1, 0.15) is 21.6 Å². The summed E-state index contributed by atoms with van der Waals surface area (Å²) in [6, 6.07) is 8.81. The number of rotatable bonds is 4. The molecule has 0 radical (unpaired) electrons. The van der Waals surface area contributed by atoms with E-state index in [1.54, 1.807) is 18.3 Å². The van der Waals surface area contributed by atoms with E-state index in [4.69, 9.17) is 4.74 Å². The molecule has 0 amide bonds. The summed E-state index contributed by atoms with van der Waals surface area (Å²) in [5, 5.41) is 0. The maximum atomic E-state index is 14.0. The Morgan fingerprint density at radius 2 is 2.16 bits per heavy atom. The molecule has 2 rings (SSSR count). The molecule has 1 aromatic heterocycles. The van der Waals surface area contributed by atoms with Crippen molar-refractivity contribution in [2.45, 2.75) is 18.2 Å². The zero-order valence-corrected chi connectivity index (χ0v) is 12.4. The Morgan fingerprint density at radius 1 is 1.37 bits per heavy atom. The Labute approximate surface area is 120 Å². The molecule has 19 heavy (non-hydrogen) atoms. The van der Waals surface area contributed by atoms with Crippen molar-refractivity contribution in [3.63, 3.8) is 0 Å². The van der Waals surface area contributed by atoms with Crippen molar-refractivity contribution in [3.8, 4) is 5.75 Å². The highest BCUT2D eigenvalue weighted by atomic mass is 79.9. The summed E-state index contributed by atoms with van der Waals surface area (Å²) in [6.07, 6.45) is 2.41. The molecule has 1 atom stereocenters. The molecule has 0 spiro atoms. The summed E-state index contributed by atoms with van der Waals surface area (Å²) in [5.74, 6) is 0.254. The lowest BCUT2D eigenvalue weighted by molar-refractivity contribution is 0.410. The molecule has 0 saturated heterocycles. The van der Waals surface area contributed by atoms with E-state index in [0.29, 0.717) is 17.7 Å². The van der Waals surface area contributed by atoms with Crippen LogP contribution in [-0.2, 0) is 6.42 Å². The highest BCUT2D eigenvalue weighted by Crippen LogP contribution is 2.31. The fourth-order valence-electron chi connectivity index (χ4n) is 1.90. The topological polar surface area (TPSA) is 22.1 Å². The second-order valence-corrected chi connectivity index (χ2v) is 5.43. The Balaban J connectivity index is 2.21. The van der Waals surface area contributed by atoms with Crippen molar-refractivity contribution in [3.05, 3.63) is 59.2 Å². The van der Waals surface area contributed by atoms with Crippen molar-refractivity contribution >= 4 is 15.9 Å². The van der Waals surface area contributed by atoms with Gasteiger partial charge < -0.3 is 4.74 Å². The average Bonchev–Trinajstić information content (AvgIpc) is 2.41. The molecule has 0 aliphatic carbocycles. The summed E-state index contributed by atoms with van der Waals surface area (Å²) in [7, 11) is 1.53. The molecule has 1 unspecified atom stereocenters. The minimum atomic E-state index is -0.269. The number of methoxy groups -OCH3 is 1. The van der Waals surface area contributed by atoms with E-state index < -0.39 is 0 Å². The number of hydrogen-bond acceptors (Lipinski definition) is 2. The number of pyridine rings is 1. The molecule has 0 N–H and O–H groups in total. The fourth-order valence-corrected chi connectivity index (χ4v) is 2.58. The van der Waals surface area contributed by atoms with E-state index in [2.05, 4.69) is 20.9 Å². The van der Waals surface area contributed by atoms with Crippen LogP contribution in [0, 0.1) is 12.7 Å². The van der Waals surface area contributed by atoms with Gasteiger partial charge in [-0.25, -0.2) is 4.39 Å². The molecule has 0 bridgehead atoms. The molecule has 1 aromatic carbocycles. The largest absolute Gasteiger partial charge is 0.497 e. The molecular formula is C15H15BrFNO. The fraction of sp³-hybridized carbons (Fsp3) is 0.267. The van der Waals surface area contributed by atoms with Crippen molar-refractivity contribution in [1.29, 1.82) is 0 Å². The monoisotopic (exact) mass is 323 g/mol. The van der Waals surface area contributed by atoms with Crippen molar-refractivity contribution in [2.24, 2.45) is 0 Å². The van der Waals surface area contributed by atoms with E-state index in [0.717, 1.165) is 11.3 Å².